The molecule has 0 saturated heterocycles. The number of nitrogens with one attached hydrogen (secondary N) is 2. The number of Topliss-reactive ketones (excluding diaryl/α,β-unsaturated/α-hetero) is 1. The molecule has 0 bridgehead atoms. The number of fused-ring (bicyclic) bond motifs is 1. The molecular formula is C26H24N4O6S. The van der Waals surface area contributed by atoms with Crippen molar-refractivity contribution in [2.75, 3.05) is 19.5 Å². The van der Waals surface area contributed by atoms with Crippen LogP contribution in [0.3, 0.4) is 0 Å². The number of carbonyl (C=O) groups is 1. The molecule has 3 aromatic rings. The van der Waals surface area contributed by atoms with Gasteiger partial charge in [0.15, 0.2) is 22.4 Å². The maximum absolute atomic E-state index is 13.5. The van der Waals surface area contributed by atoms with Crippen LogP contribution in [0.25, 0.3) is 0 Å². The lowest BCUT2D eigenvalue weighted by Gasteiger charge is -2.33. The zero-order valence-electron chi connectivity index (χ0n) is 20.2. The Balaban J connectivity index is 1.55. The van der Waals surface area contributed by atoms with E-state index in [1.165, 1.54) is 38.1 Å². The Hall–Kier alpha value is -4.12. The summed E-state index contributed by atoms with van der Waals surface area (Å²) in [5.74, 6) is 1.16. The maximum atomic E-state index is 13.5. The van der Waals surface area contributed by atoms with E-state index in [0.717, 1.165) is 11.3 Å². The number of non-ortho nitro benzene ring substituents is 1. The largest absolute Gasteiger partial charge is 0.493 e. The van der Waals surface area contributed by atoms with Crippen LogP contribution in [-0.2, 0) is 10.5 Å². The number of anilines is 1. The van der Waals surface area contributed by atoms with Gasteiger partial charge in [0.25, 0.3) is 11.2 Å². The number of carbonyl (C=O) groups excluding carboxylic acids is 1. The lowest BCUT2D eigenvalue weighted by Crippen LogP contribution is -2.33. The summed E-state index contributed by atoms with van der Waals surface area (Å²) < 4.78 is 11.1. The number of aromatic nitrogens is 2. The average Bonchev–Trinajstić information content (AvgIpc) is 2.90. The van der Waals surface area contributed by atoms with Gasteiger partial charge in [-0.25, -0.2) is 4.98 Å². The number of hydrogen-bond donors (Lipinski definition) is 2. The van der Waals surface area contributed by atoms with Crippen LogP contribution in [0.4, 0.5) is 11.5 Å². The normalized spacial score (nSPS) is 16.5. The SMILES string of the molecule is COc1cccc(C2C3=C(CCCC3=O)Nc3nc(SCc4ccc([N+](=O)[O-])cc4)[nH]c(=O)c32)c1OC. The predicted molar refractivity (Wildman–Crippen MR) is 138 cm³/mol. The van der Waals surface area contributed by atoms with Gasteiger partial charge in [-0.15, -0.1) is 0 Å². The molecular weight excluding hydrogens is 496 g/mol. The number of ether oxygens (including phenoxy) is 2. The first-order chi connectivity index (χ1) is 17.9. The first-order valence-corrected chi connectivity index (χ1v) is 12.6. The molecule has 0 amide bonds. The number of allylic oxidation sites excluding steroid dienone is 2. The Labute approximate surface area is 216 Å². The Morgan fingerprint density at radius 2 is 1.89 bits per heavy atom. The second kappa shape index (κ2) is 10.1. The number of hydrogen-bond acceptors (Lipinski definition) is 9. The van der Waals surface area contributed by atoms with E-state index in [1.807, 2.05) is 12.1 Å². The molecule has 0 radical (unpaired) electrons. The monoisotopic (exact) mass is 520 g/mol. The molecule has 2 aromatic carbocycles. The van der Waals surface area contributed by atoms with E-state index in [9.17, 15) is 19.7 Å². The molecule has 5 rings (SSSR count). The molecule has 0 saturated carbocycles. The topological polar surface area (TPSA) is 136 Å². The van der Waals surface area contributed by atoms with E-state index >= 15 is 0 Å². The minimum Gasteiger partial charge on any atom is -0.493 e. The molecule has 1 aromatic heterocycles. The van der Waals surface area contributed by atoms with Crippen molar-refractivity contribution in [1.82, 2.24) is 9.97 Å². The molecule has 0 spiro atoms. The van der Waals surface area contributed by atoms with Crippen LogP contribution in [0.15, 0.2) is 63.7 Å². The molecule has 1 aliphatic carbocycles. The summed E-state index contributed by atoms with van der Waals surface area (Å²) in [6.07, 6.45) is 1.79. The van der Waals surface area contributed by atoms with Gasteiger partial charge >= 0.3 is 0 Å². The van der Waals surface area contributed by atoms with Crippen LogP contribution in [0.1, 0.15) is 41.9 Å². The average molecular weight is 521 g/mol. The second-order valence-electron chi connectivity index (χ2n) is 8.66. The van der Waals surface area contributed by atoms with E-state index in [1.54, 1.807) is 18.2 Å². The summed E-state index contributed by atoms with van der Waals surface area (Å²) in [5, 5.41) is 14.6. The lowest BCUT2D eigenvalue weighted by molar-refractivity contribution is -0.384. The molecule has 190 valence electrons. The van der Waals surface area contributed by atoms with Crippen LogP contribution in [-0.4, -0.2) is 34.9 Å². The van der Waals surface area contributed by atoms with Crippen LogP contribution in [0.5, 0.6) is 11.5 Å². The van der Waals surface area contributed by atoms with Crippen molar-refractivity contribution in [3.8, 4) is 11.5 Å². The Bertz CT molecular complexity index is 1480. The standard InChI is InChI=1S/C26H24N4O6S/c1-35-19-8-3-5-16(23(19)36-2)20-21-17(6-4-7-18(21)31)27-24-22(20)25(32)29-26(28-24)37-13-14-9-11-15(12-10-14)30(33)34/h3,5,8-12,20H,4,6-7,13H2,1-2H3,(H2,27,28,29,32). The third-order valence-electron chi connectivity index (χ3n) is 6.50. The third-order valence-corrected chi connectivity index (χ3v) is 7.45. The summed E-state index contributed by atoms with van der Waals surface area (Å²) in [4.78, 5) is 44.6. The predicted octanol–water partition coefficient (Wildman–Crippen LogP) is 4.55. The number of thioether (sulfide) groups is 1. The van der Waals surface area contributed by atoms with Crippen LogP contribution < -0.4 is 20.3 Å². The number of para-hydroxylation sites is 1. The number of nitro groups is 1. The number of methoxy groups -OCH3 is 2. The van der Waals surface area contributed by atoms with Crippen molar-refractivity contribution >= 4 is 29.1 Å². The highest BCUT2D eigenvalue weighted by Crippen LogP contribution is 2.48. The van der Waals surface area contributed by atoms with Crippen molar-refractivity contribution in [1.29, 1.82) is 0 Å². The molecule has 2 aliphatic rings. The third kappa shape index (κ3) is 4.57. The number of aromatic amines is 1. The number of rotatable bonds is 7. The fraction of sp³-hybridized carbons (Fsp3) is 0.269. The van der Waals surface area contributed by atoms with Crippen LogP contribution in [0.2, 0.25) is 0 Å². The first-order valence-electron chi connectivity index (χ1n) is 11.7. The summed E-state index contributed by atoms with van der Waals surface area (Å²) in [5.41, 5.74) is 2.84. The Morgan fingerprint density at radius 3 is 2.59 bits per heavy atom. The molecule has 2 N–H and O–H groups in total. The van der Waals surface area contributed by atoms with Gasteiger partial charge < -0.3 is 19.8 Å². The van der Waals surface area contributed by atoms with Crippen molar-refractivity contribution < 1.29 is 19.2 Å². The zero-order chi connectivity index (χ0) is 26.1. The van der Waals surface area contributed by atoms with Crippen LogP contribution >= 0.6 is 11.8 Å². The van der Waals surface area contributed by atoms with E-state index in [-0.39, 0.29) is 17.0 Å². The van der Waals surface area contributed by atoms with Gasteiger partial charge in [0.1, 0.15) is 5.82 Å². The molecule has 10 nitrogen and oxygen atoms in total. The van der Waals surface area contributed by atoms with Gasteiger partial charge in [0.05, 0.1) is 30.6 Å². The summed E-state index contributed by atoms with van der Waals surface area (Å²) in [6.45, 7) is 0. The smallest absolute Gasteiger partial charge is 0.269 e. The molecule has 1 aliphatic heterocycles. The minimum atomic E-state index is -0.658. The van der Waals surface area contributed by atoms with Crippen LogP contribution in [0, 0.1) is 10.1 Å². The molecule has 11 heteroatoms. The second-order valence-corrected chi connectivity index (χ2v) is 9.62. The molecule has 1 atom stereocenters. The molecule has 37 heavy (non-hydrogen) atoms. The highest BCUT2D eigenvalue weighted by molar-refractivity contribution is 7.98. The van der Waals surface area contributed by atoms with E-state index in [2.05, 4.69) is 10.3 Å². The molecule has 0 fully saturated rings. The number of H-pyrrole nitrogens is 1. The first kappa shape index (κ1) is 24.6. The molecule has 2 heterocycles. The van der Waals surface area contributed by atoms with Gasteiger partial charge in [-0.3, -0.25) is 19.7 Å². The van der Waals surface area contributed by atoms with Gasteiger partial charge in [0.2, 0.25) is 0 Å². The van der Waals surface area contributed by atoms with E-state index < -0.39 is 10.8 Å². The van der Waals surface area contributed by atoms with E-state index in [4.69, 9.17) is 14.5 Å². The maximum Gasteiger partial charge on any atom is 0.269 e. The highest BCUT2D eigenvalue weighted by Gasteiger charge is 2.39. The van der Waals surface area contributed by atoms with Crippen molar-refractivity contribution in [2.24, 2.45) is 0 Å². The Morgan fingerprint density at radius 1 is 1.11 bits per heavy atom. The van der Waals surface area contributed by atoms with Gasteiger partial charge in [-0.2, -0.15) is 0 Å². The summed E-state index contributed by atoms with van der Waals surface area (Å²) in [6, 6.07) is 11.7. The fourth-order valence-corrected chi connectivity index (χ4v) is 5.64. The number of nitrogens with zero attached hydrogens (tertiary/aromatic N) is 2. The Kier molecular flexibility index (Phi) is 6.70. The van der Waals surface area contributed by atoms with Crippen molar-refractivity contribution in [3.63, 3.8) is 0 Å². The minimum absolute atomic E-state index is 0.00899. The van der Waals surface area contributed by atoms with Gasteiger partial charge in [-0.1, -0.05) is 36.0 Å². The quantitative estimate of drug-likeness (QED) is 0.199. The zero-order valence-corrected chi connectivity index (χ0v) is 21.0. The van der Waals surface area contributed by atoms with Crippen molar-refractivity contribution in [3.05, 3.63) is 90.9 Å². The number of benzene rings is 2. The summed E-state index contributed by atoms with van der Waals surface area (Å²) >= 11 is 1.31. The number of ketones is 1. The van der Waals surface area contributed by atoms with Gasteiger partial charge in [0, 0.05) is 41.1 Å². The van der Waals surface area contributed by atoms with Gasteiger partial charge in [-0.05, 0) is 24.5 Å². The number of nitro benzene ring substituents is 1. The molecule has 1 unspecified atom stereocenters. The lowest BCUT2D eigenvalue weighted by atomic mass is 9.76. The summed E-state index contributed by atoms with van der Waals surface area (Å²) in [7, 11) is 3.07. The van der Waals surface area contributed by atoms with E-state index in [0.29, 0.717) is 64.2 Å². The van der Waals surface area contributed by atoms with Crippen molar-refractivity contribution in [2.45, 2.75) is 36.1 Å². The highest BCUT2D eigenvalue weighted by atomic mass is 32.2. The fourth-order valence-electron chi connectivity index (χ4n) is 4.82.